The van der Waals surface area contributed by atoms with E-state index in [0.717, 1.165) is 12.3 Å². The van der Waals surface area contributed by atoms with E-state index in [1.165, 1.54) is 29.4 Å². The SMILES string of the molecule is O=C(C1CCN(c2ccc(C(F)(F)F)cn2)CC1)N(Cc1ccco1)c1cccc(F)c1. The summed E-state index contributed by atoms with van der Waals surface area (Å²) in [5.41, 5.74) is -0.354. The molecular weight excluding hydrogens is 426 g/mol. The Morgan fingerprint density at radius 2 is 1.91 bits per heavy atom. The molecule has 168 valence electrons. The van der Waals surface area contributed by atoms with Gasteiger partial charge in [0.2, 0.25) is 5.91 Å². The molecule has 0 saturated carbocycles. The first-order chi connectivity index (χ1) is 15.3. The van der Waals surface area contributed by atoms with E-state index >= 15 is 0 Å². The number of rotatable bonds is 5. The van der Waals surface area contributed by atoms with Crippen molar-refractivity contribution in [2.75, 3.05) is 22.9 Å². The summed E-state index contributed by atoms with van der Waals surface area (Å²) >= 11 is 0. The largest absolute Gasteiger partial charge is 0.467 e. The van der Waals surface area contributed by atoms with E-state index in [1.807, 2.05) is 4.90 Å². The van der Waals surface area contributed by atoms with E-state index in [0.29, 0.717) is 43.2 Å². The van der Waals surface area contributed by atoms with Crippen molar-refractivity contribution in [1.29, 1.82) is 0 Å². The molecule has 1 amide bonds. The first kappa shape index (κ1) is 21.9. The molecule has 3 aromatic rings. The van der Waals surface area contributed by atoms with Crippen molar-refractivity contribution in [3.05, 3.63) is 78.1 Å². The minimum Gasteiger partial charge on any atom is -0.467 e. The quantitative estimate of drug-likeness (QED) is 0.499. The van der Waals surface area contributed by atoms with Gasteiger partial charge in [0.1, 0.15) is 17.4 Å². The Labute approximate surface area is 182 Å². The average molecular weight is 447 g/mol. The van der Waals surface area contributed by atoms with Crippen LogP contribution in [0.3, 0.4) is 0 Å². The number of hydrogen-bond donors (Lipinski definition) is 0. The van der Waals surface area contributed by atoms with Gasteiger partial charge in [0, 0.05) is 30.9 Å². The number of aromatic nitrogens is 1. The Kier molecular flexibility index (Phi) is 6.16. The Morgan fingerprint density at radius 3 is 2.50 bits per heavy atom. The summed E-state index contributed by atoms with van der Waals surface area (Å²) < 4.78 is 57.4. The molecule has 2 aromatic heterocycles. The predicted molar refractivity (Wildman–Crippen MR) is 110 cm³/mol. The van der Waals surface area contributed by atoms with Crippen LogP contribution in [0.5, 0.6) is 0 Å². The van der Waals surface area contributed by atoms with Gasteiger partial charge in [0.25, 0.3) is 0 Å². The highest BCUT2D eigenvalue weighted by molar-refractivity contribution is 5.95. The van der Waals surface area contributed by atoms with E-state index in [9.17, 15) is 22.4 Å². The molecule has 0 spiro atoms. The van der Waals surface area contributed by atoms with Gasteiger partial charge in [-0.3, -0.25) is 4.79 Å². The fourth-order valence-electron chi connectivity index (χ4n) is 3.82. The number of halogens is 4. The Hall–Kier alpha value is -3.36. The monoisotopic (exact) mass is 447 g/mol. The summed E-state index contributed by atoms with van der Waals surface area (Å²) in [5.74, 6) is 0.129. The second-order valence-corrected chi connectivity index (χ2v) is 7.65. The molecule has 0 aliphatic carbocycles. The van der Waals surface area contributed by atoms with Crippen molar-refractivity contribution < 1.29 is 26.8 Å². The zero-order valence-electron chi connectivity index (χ0n) is 17.1. The molecule has 1 saturated heterocycles. The smallest absolute Gasteiger partial charge is 0.417 e. The van der Waals surface area contributed by atoms with Crippen LogP contribution in [0.1, 0.15) is 24.2 Å². The molecule has 0 bridgehead atoms. The van der Waals surface area contributed by atoms with Crippen LogP contribution in [-0.4, -0.2) is 24.0 Å². The zero-order valence-corrected chi connectivity index (χ0v) is 17.1. The Balaban J connectivity index is 1.45. The number of piperidine rings is 1. The summed E-state index contributed by atoms with van der Waals surface area (Å²) in [4.78, 5) is 20.7. The fourth-order valence-corrected chi connectivity index (χ4v) is 3.82. The third-order valence-corrected chi connectivity index (χ3v) is 5.52. The maximum Gasteiger partial charge on any atom is 0.417 e. The van der Waals surface area contributed by atoms with Crippen LogP contribution in [0.4, 0.5) is 29.1 Å². The summed E-state index contributed by atoms with van der Waals surface area (Å²) in [5, 5.41) is 0. The average Bonchev–Trinajstić information content (AvgIpc) is 3.30. The van der Waals surface area contributed by atoms with Crippen LogP contribution in [-0.2, 0) is 17.5 Å². The molecule has 1 aromatic carbocycles. The topological polar surface area (TPSA) is 49.6 Å². The molecule has 9 heteroatoms. The molecule has 1 fully saturated rings. The molecule has 0 atom stereocenters. The summed E-state index contributed by atoms with van der Waals surface area (Å²) in [6.45, 7) is 1.13. The number of nitrogens with zero attached hydrogens (tertiary/aromatic N) is 3. The number of pyridine rings is 1. The van der Waals surface area contributed by atoms with Crippen molar-refractivity contribution in [1.82, 2.24) is 4.98 Å². The van der Waals surface area contributed by atoms with Crippen molar-refractivity contribution >= 4 is 17.4 Å². The number of amides is 1. The lowest BCUT2D eigenvalue weighted by Crippen LogP contribution is -2.42. The fraction of sp³-hybridized carbons (Fsp3) is 0.304. The van der Waals surface area contributed by atoms with Crippen LogP contribution < -0.4 is 9.80 Å². The van der Waals surface area contributed by atoms with Gasteiger partial charge in [-0.1, -0.05) is 6.07 Å². The highest BCUT2D eigenvalue weighted by Crippen LogP contribution is 2.31. The van der Waals surface area contributed by atoms with Crippen molar-refractivity contribution in [2.45, 2.75) is 25.6 Å². The van der Waals surface area contributed by atoms with Crippen LogP contribution in [0.25, 0.3) is 0 Å². The van der Waals surface area contributed by atoms with Crippen molar-refractivity contribution in [2.24, 2.45) is 5.92 Å². The molecule has 5 nitrogen and oxygen atoms in total. The predicted octanol–water partition coefficient (Wildman–Crippen LogP) is 5.28. The molecule has 3 heterocycles. The van der Waals surface area contributed by atoms with Gasteiger partial charge in [-0.25, -0.2) is 9.37 Å². The van der Waals surface area contributed by atoms with Crippen LogP contribution in [0.15, 0.2) is 65.4 Å². The van der Waals surface area contributed by atoms with Crippen LogP contribution >= 0.6 is 0 Å². The van der Waals surface area contributed by atoms with E-state index in [-0.39, 0.29) is 18.4 Å². The highest BCUT2D eigenvalue weighted by atomic mass is 19.4. The molecular formula is C23H21F4N3O2. The van der Waals surface area contributed by atoms with E-state index < -0.39 is 17.6 Å². The second-order valence-electron chi connectivity index (χ2n) is 7.65. The van der Waals surface area contributed by atoms with Gasteiger partial charge >= 0.3 is 6.18 Å². The number of carbonyl (C=O) groups is 1. The summed E-state index contributed by atoms with van der Waals surface area (Å²) in [7, 11) is 0. The standard InChI is InChI=1S/C23H21F4N3O2/c24-18-3-1-4-19(13-18)30(15-20-5-2-12-32-20)22(31)16-8-10-29(11-9-16)21-7-6-17(14-28-21)23(25,26)27/h1-7,12-14,16H,8-11,15H2. The summed E-state index contributed by atoms with van der Waals surface area (Å²) in [6.07, 6.45) is -1.09. The molecule has 4 rings (SSSR count). The van der Waals surface area contributed by atoms with Gasteiger partial charge in [0.15, 0.2) is 0 Å². The molecule has 0 unspecified atom stereocenters. The minimum atomic E-state index is -4.43. The highest BCUT2D eigenvalue weighted by Gasteiger charge is 2.32. The first-order valence-electron chi connectivity index (χ1n) is 10.2. The lowest BCUT2D eigenvalue weighted by atomic mass is 9.94. The van der Waals surface area contributed by atoms with Gasteiger partial charge in [-0.15, -0.1) is 0 Å². The van der Waals surface area contributed by atoms with Crippen molar-refractivity contribution in [3.63, 3.8) is 0 Å². The molecule has 1 aliphatic heterocycles. The van der Waals surface area contributed by atoms with Gasteiger partial charge < -0.3 is 14.2 Å². The molecule has 1 aliphatic rings. The number of benzene rings is 1. The van der Waals surface area contributed by atoms with Crippen LogP contribution in [0, 0.1) is 11.7 Å². The zero-order chi connectivity index (χ0) is 22.7. The third-order valence-electron chi connectivity index (χ3n) is 5.52. The number of furan rings is 1. The number of hydrogen-bond acceptors (Lipinski definition) is 4. The molecule has 32 heavy (non-hydrogen) atoms. The van der Waals surface area contributed by atoms with E-state index in [1.54, 1.807) is 24.3 Å². The Morgan fingerprint density at radius 1 is 1.12 bits per heavy atom. The number of anilines is 2. The minimum absolute atomic E-state index is 0.146. The normalized spacial score (nSPS) is 15.1. The maximum atomic E-state index is 13.8. The van der Waals surface area contributed by atoms with Crippen molar-refractivity contribution in [3.8, 4) is 0 Å². The lowest BCUT2D eigenvalue weighted by molar-refractivity contribution is -0.137. The number of alkyl halides is 3. The third kappa shape index (κ3) is 4.92. The van der Waals surface area contributed by atoms with Gasteiger partial charge in [0.05, 0.1) is 18.4 Å². The van der Waals surface area contributed by atoms with E-state index in [4.69, 9.17) is 4.42 Å². The van der Waals surface area contributed by atoms with E-state index in [2.05, 4.69) is 4.98 Å². The lowest BCUT2D eigenvalue weighted by Gasteiger charge is -2.34. The Bertz CT molecular complexity index is 1040. The molecule has 0 N–H and O–H groups in total. The summed E-state index contributed by atoms with van der Waals surface area (Å²) in [6, 6.07) is 11.7. The second kappa shape index (κ2) is 9.02. The number of carbonyl (C=O) groups excluding carboxylic acids is 1. The first-order valence-corrected chi connectivity index (χ1v) is 10.2. The maximum absolute atomic E-state index is 13.8. The van der Waals surface area contributed by atoms with Gasteiger partial charge in [-0.2, -0.15) is 13.2 Å². The van der Waals surface area contributed by atoms with Gasteiger partial charge in [-0.05, 0) is 55.3 Å². The van der Waals surface area contributed by atoms with Crippen LogP contribution in [0.2, 0.25) is 0 Å². The molecule has 0 radical (unpaired) electrons.